The molecule has 0 aromatic rings. The first-order valence-corrected chi connectivity index (χ1v) is 3.20. The van der Waals surface area contributed by atoms with E-state index >= 15 is 0 Å². The lowest BCUT2D eigenvalue weighted by atomic mass is 10.4. The van der Waals surface area contributed by atoms with Gasteiger partial charge in [0.15, 0.2) is 0 Å². The summed E-state index contributed by atoms with van der Waals surface area (Å²) in [7, 11) is 0. The second kappa shape index (κ2) is 4.68. The van der Waals surface area contributed by atoms with Crippen molar-refractivity contribution < 1.29 is 4.74 Å². The standard InChI is InChI=1S/C9H8O/c1-2-4-6-8-10-9-7-5-3-1/h1-2H,7-9H2/b2-1-. The fourth-order valence-electron chi connectivity index (χ4n) is 0.561. The van der Waals surface area contributed by atoms with Gasteiger partial charge in [0, 0.05) is 6.42 Å². The van der Waals surface area contributed by atoms with Crippen molar-refractivity contribution >= 4 is 0 Å². The maximum absolute atomic E-state index is 5.10. The summed E-state index contributed by atoms with van der Waals surface area (Å²) in [4.78, 5) is 0. The van der Waals surface area contributed by atoms with Crippen molar-refractivity contribution in [1.82, 2.24) is 0 Å². The van der Waals surface area contributed by atoms with E-state index in [0.29, 0.717) is 13.2 Å². The Morgan fingerprint density at radius 2 is 1.90 bits per heavy atom. The normalized spacial score (nSPS) is 19.2. The van der Waals surface area contributed by atoms with Crippen LogP contribution in [0.25, 0.3) is 0 Å². The van der Waals surface area contributed by atoms with Crippen LogP contribution in [0.15, 0.2) is 12.2 Å². The number of ether oxygens (including phenoxy) is 1. The van der Waals surface area contributed by atoms with Crippen LogP contribution in [0.5, 0.6) is 0 Å². The Kier molecular flexibility index (Phi) is 3.24. The molecule has 1 heteroatoms. The van der Waals surface area contributed by atoms with Crippen LogP contribution in [0.1, 0.15) is 6.42 Å². The molecule has 0 N–H and O–H groups in total. The molecule has 0 aliphatic carbocycles. The number of allylic oxidation sites excluding steroid dienone is 2. The molecule has 0 saturated heterocycles. The van der Waals surface area contributed by atoms with E-state index in [1.807, 2.05) is 0 Å². The Morgan fingerprint density at radius 3 is 2.80 bits per heavy atom. The van der Waals surface area contributed by atoms with Gasteiger partial charge in [-0.05, 0) is 12.2 Å². The third-order valence-corrected chi connectivity index (χ3v) is 1.000. The van der Waals surface area contributed by atoms with E-state index in [9.17, 15) is 0 Å². The van der Waals surface area contributed by atoms with Crippen LogP contribution in [0.2, 0.25) is 0 Å². The maximum Gasteiger partial charge on any atom is 0.108 e. The highest BCUT2D eigenvalue weighted by Gasteiger charge is 1.80. The molecule has 0 radical (unpaired) electrons. The van der Waals surface area contributed by atoms with Crippen LogP contribution < -0.4 is 0 Å². The third-order valence-electron chi connectivity index (χ3n) is 1.000. The minimum Gasteiger partial charge on any atom is -0.368 e. The molecule has 50 valence electrons. The fourth-order valence-corrected chi connectivity index (χ4v) is 0.561. The molecule has 0 unspecified atom stereocenters. The highest BCUT2D eigenvalue weighted by atomic mass is 16.5. The molecule has 1 nitrogen and oxygen atoms in total. The van der Waals surface area contributed by atoms with Gasteiger partial charge < -0.3 is 4.74 Å². The number of hydrogen-bond acceptors (Lipinski definition) is 1. The summed E-state index contributed by atoms with van der Waals surface area (Å²) in [6, 6.07) is 0. The van der Waals surface area contributed by atoms with E-state index in [4.69, 9.17) is 4.74 Å². The van der Waals surface area contributed by atoms with E-state index in [-0.39, 0.29) is 0 Å². The van der Waals surface area contributed by atoms with Gasteiger partial charge in [-0.25, -0.2) is 0 Å². The molecule has 1 heterocycles. The van der Waals surface area contributed by atoms with Gasteiger partial charge in [-0.15, -0.1) is 0 Å². The zero-order valence-electron chi connectivity index (χ0n) is 5.68. The highest BCUT2D eigenvalue weighted by Crippen LogP contribution is 1.81. The number of rotatable bonds is 0. The van der Waals surface area contributed by atoms with Crippen molar-refractivity contribution in [2.24, 2.45) is 0 Å². The topological polar surface area (TPSA) is 9.23 Å². The Balaban J connectivity index is 2.51. The zero-order chi connectivity index (χ0) is 7.07. The van der Waals surface area contributed by atoms with Gasteiger partial charge in [-0.3, -0.25) is 0 Å². The Bertz CT molecular complexity index is 203. The second-order valence-corrected chi connectivity index (χ2v) is 1.78. The molecule has 10 heavy (non-hydrogen) atoms. The van der Waals surface area contributed by atoms with Crippen molar-refractivity contribution in [3.63, 3.8) is 0 Å². The molecular weight excluding hydrogens is 124 g/mol. The van der Waals surface area contributed by atoms with Gasteiger partial charge in [-0.2, -0.15) is 0 Å². The summed E-state index contributed by atoms with van der Waals surface area (Å²) in [5.74, 6) is 11.4. The van der Waals surface area contributed by atoms with Crippen LogP contribution >= 0.6 is 0 Å². The molecule has 1 rings (SSSR count). The van der Waals surface area contributed by atoms with Gasteiger partial charge in [0.25, 0.3) is 0 Å². The molecule has 0 bridgehead atoms. The molecule has 0 saturated carbocycles. The first kappa shape index (κ1) is 6.93. The first-order chi connectivity index (χ1) is 5.00. The molecule has 0 aromatic carbocycles. The molecule has 0 amide bonds. The lowest BCUT2D eigenvalue weighted by Gasteiger charge is -1.92. The smallest absolute Gasteiger partial charge is 0.108 e. The molecule has 0 atom stereocenters. The van der Waals surface area contributed by atoms with Crippen LogP contribution in [-0.4, -0.2) is 13.2 Å². The van der Waals surface area contributed by atoms with Crippen molar-refractivity contribution in [3.8, 4) is 23.7 Å². The summed E-state index contributed by atoms with van der Waals surface area (Å²) in [6.07, 6.45) is 4.30. The Labute approximate surface area is 61.1 Å². The molecular formula is C9H8O. The predicted molar refractivity (Wildman–Crippen MR) is 40.1 cm³/mol. The summed E-state index contributed by atoms with van der Waals surface area (Å²) < 4.78 is 5.10. The fraction of sp³-hybridized carbons (Fsp3) is 0.333. The van der Waals surface area contributed by atoms with Gasteiger partial charge in [0.05, 0.1) is 6.61 Å². The third kappa shape index (κ3) is 2.97. The highest BCUT2D eigenvalue weighted by molar-refractivity contribution is 5.25. The quantitative estimate of drug-likeness (QED) is 0.446. The van der Waals surface area contributed by atoms with Gasteiger partial charge in [-0.1, -0.05) is 23.7 Å². The van der Waals surface area contributed by atoms with Crippen LogP contribution in [-0.2, 0) is 4.74 Å². The average Bonchev–Trinajstić information content (AvgIpc) is 2.01. The van der Waals surface area contributed by atoms with E-state index in [1.54, 1.807) is 12.2 Å². The lowest BCUT2D eigenvalue weighted by molar-refractivity contribution is 0.174. The predicted octanol–water partition coefficient (Wildman–Crippen LogP) is 0.970. The largest absolute Gasteiger partial charge is 0.368 e. The van der Waals surface area contributed by atoms with Gasteiger partial charge in [0.2, 0.25) is 0 Å². The Hall–Kier alpha value is -1.18. The molecule has 1 aliphatic rings. The Morgan fingerprint density at radius 1 is 1.10 bits per heavy atom. The van der Waals surface area contributed by atoms with Crippen molar-refractivity contribution in [2.75, 3.05) is 13.2 Å². The minimum absolute atomic E-state index is 0.520. The minimum atomic E-state index is 0.520. The van der Waals surface area contributed by atoms with E-state index in [1.165, 1.54) is 0 Å². The summed E-state index contributed by atoms with van der Waals surface area (Å²) in [5, 5.41) is 0. The van der Waals surface area contributed by atoms with Crippen molar-refractivity contribution in [1.29, 1.82) is 0 Å². The van der Waals surface area contributed by atoms with Crippen LogP contribution in [0.4, 0.5) is 0 Å². The molecule has 0 spiro atoms. The maximum atomic E-state index is 5.10. The SMILES string of the molecule is C1#CCCOCC#C/C=C\1. The van der Waals surface area contributed by atoms with Gasteiger partial charge >= 0.3 is 0 Å². The lowest BCUT2D eigenvalue weighted by Crippen LogP contribution is -1.92. The zero-order valence-corrected chi connectivity index (χ0v) is 5.68. The van der Waals surface area contributed by atoms with Crippen LogP contribution in [0.3, 0.4) is 0 Å². The first-order valence-electron chi connectivity index (χ1n) is 3.20. The van der Waals surface area contributed by atoms with E-state index in [0.717, 1.165) is 6.42 Å². The van der Waals surface area contributed by atoms with Crippen molar-refractivity contribution in [3.05, 3.63) is 12.2 Å². The average molecular weight is 132 g/mol. The monoisotopic (exact) mass is 132 g/mol. The van der Waals surface area contributed by atoms with Crippen molar-refractivity contribution in [2.45, 2.75) is 6.42 Å². The van der Waals surface area contributed by atoms with Crippen LogP contribution in [0, 0.1) is 23.7 Å². The second-order valence-electron chi connectivity index (χ2n) is 1.78. The van der Waals surface area contributed by atoms with E-state index < -0.39 is 0 Å². The van der Waals surface area contributed by atoms with E-state index in [2.05, 4.69) is 23.7 Å². The summed E-state index contributed by atoms with van der Waals surface area (Å²) in [6.45, 7) is 1.21. The number of hydrogen-bond donors (Lipinski definition) is 0. The molecule has 0 aromatic heterocycles. The molecule has 0 fully saturated rings. The molecule has 1 aliphatic heterocycles. The summed E-state index contributed by atoms with van der Waals surface area (Å²) in [5.41, 5.74) is 0. The summed E-state index contributed by atoms with van der Waals surface area (Å²) >= 11 is 0. The van der Waals surface area contributed by atoms with Gasteiger partial charge in [0.1, 0.15) is 6.61 Å².